The third kappa shape index (κ3) is 3.14. The summed E-state index contributed by atoms with van der Waals surface area (Å²) < 4.78 is 5.21. The van der Waals surface area contributed by atoms with Gasteiger partial charge in [0.15, 0.2) is 0 Å². The Morgan fingerprint density at radius 1 is 1.30 bits per heavy atom. The molecule has 0 radical (unpaired) electrons. The molecule has 1 heterocycles. The Labute approximate surface area is 116 Å². The van der Waals surface area contributed by atoms with Crippen molar-refractivity contribution in [2.75, 3.05) is 20.2 Å². The number of amides is 3. The number of rotatable bonds is 3. The zero-order valence-electron chi connectivity index (χ0n) is 11.4. The van der Waals surface area contributed by atoms with Crippen LogP contribution >= 0.6 is 0 Å². The van der Waals surface area contributed by atoms with E-state index in [-0.39, 0.29) is 25.4 Å². The van der Waals surface area contributed by atoms with E-state index in [0.717, 1.165) is 11.1 Å². The number of carbonyl (C=O) groups is 3. The molecule has 1 aliphatic heterocycles. The zero-order valence-corrected chi connectivity index (χ0v) is 11.4. The van der Waals surface area contributed by atoms with Crippen LogP contribution in [-0.4, -0.2) is 42.8 Å². The van der Waals surface area contributed by atoms with E-state index in [9.17, 15) is 14.4 Å². The van der Waals surface area contributed by atoms with Crippen LogP contribution in [0.5, 0.6) is 5.75 Å². The zero-order chi connectivity index (χ0) is 14.7. The van der Waals surface area contributed by atoms with Gasteiger partial charge in [0.25, 0.3) is 0 Å². The summed E-state index contributed by atoms with van der Waals surface area (Å²) in [6.45, 7) is 1.75. The first-order chi connectivity index (χ1) is 9.49. The van der Waals surface area contributed by atoms with E-state index in [1.165, 1.54) is 12.0 Å². The molecule has 2 rings (SSSR count). The van der Waals surface area contributed by atoms with Crippen molar-refractivity contribution in [1.82, 2.24) is 10.2 Å². The average molecular weight is 276 g/mol. The Morgan fingerprint density at radius 2 is 1.95 bits per heavy atom. The lowest BCUT2D eigenvalue weighted by molar-refractivity contribution is -0.145. The summed E-state index contributed by atoms with van der Waals surface area (Å²) >= 11 is 0. The predicted octanol–water partition coefficient (Wildman–Crippen LogP) is 0.0311. The Balaban J connectivity index is 2.13. The van der Waals surface area contributed by atoms with Gasteiger partial charge in [0.2, 0.25) is 17.7 Å². The molecule has 20 heavy (non-hydrogen) atoms. The molecule has 0 unspecified atom stereocenters. The van der Waals surface area contributed by atoms with Gasteiger partial charge in [-0.1, -0.05) is 17.7 Å². The van der Waals surface area contributed by atoms with Crippen LogP contribution in [0.1, 0.15) is 11.1 Å². The van der Waals surface area contributed by atoms with E-state index < -0.39 is 11.8 Å². The Kier molecular flexibility index (Phi) is 4.02. The highest BCUT2D eigenvalue weighted by atomic mass is 16.5. The van der Waals surface area contributed by atoms with Crippen molar-refractivity contribution >= 4 is 17.7 Å². The fourth-order valence-electron chi connectivity index (χ4n) is 2.13. The van der Waals surface area contributed by atoms with Gasteiger partial charge >= 0.3 is 0 Å². The topological polar surface area (TPSA) is 75.7 Å². The molecule has 0 aliphatic carbocycles. The summed E-state index contributed by atoms with van der Waals surface area (Å²) in [5, 5.41) is 2.16. The van der Waals surface area contributed by atoms with Crippen molar-refractivity contribution in [2.45, 2.75) is 13.3 Å². The van der Waals surface area contributed by atoms with Gasteiger partial charge in [-0.2, -0.15) is 0 Å². The van der Waals surface area contributed by atoms with Crippen LogP contribution in [0.4, 0.5) is 0 Å². The van der Waals surface area contributed by atoms with Crippen LogP contribution in [0.25, 0.3) is 0 Å². The fraction of sp³-hybridized carbons (Fsp3) is 0.357. The highest BCUT2D eigenvalue weighted by Crippen LogP contribution is 2.20. The first-order valence-electron chi connectivity index (χ1n) is 6.23. The molecular formula is C14H16N2O4. The first-order valence-corrected chi connectivity index (χ1v) is 6.23. The number of carbonyl (C=O) groups excluding carboxylic acids is 3. The lowest BCUT2D eigenvalue weighted by Gasteiger charge is -2.25. The van der Waals surface area contributed by atoms with Crippen molar-refractivity contribution in [3.05, 3.63) is 29.3 Å². The normalized spacial score (nSPS) is 15.0. The van der Waals surface area contributed by atoms with E-state index in [0.29, 0.717) is 5.75 Å². The number of benzene rings is 1. The minimum absolute atomic E-state index is 0.0846. The molecule has 0 spiro atoms. The van der Waals surface area contributed by atoms with E-state index in [2.05, 4.69) is 5.32 Å². The van der Waals surface area contributed by atoms with E-state index in [1.807, 2.05) is 19.1 Å². The fourth-order valence-corrected chi connectivity index (χ4v) is 2.13. The van der Waals surface area contributed by atoms with Crippen molar-refractivity contribution in [1.29, 1.82) is 0 Å². The maximum atomic E-state index is 12.2. The van der Waals surface area contributed by atoms with Crippen LogP contribution in [-0.2, 0) is 20.8 Å². The third-order valence-electron chi connectivity index (χ3n) is 3.08. The van der Waals surface area contributed by atoms with E-state index in [1.54, 1.807) is 6.07 Å². The Bertz CT molecular complexity index is 552. The second-order valence-corrected chi connectivity index (χ2v) is 4.71. The van der Waals surface area contributed by atoms with Crippen LogP contribution in [0.2, 0.25) is 0 Å². The summed E-state index contributed by atoms with van der Waals surface area (Å²) in [6.07, 6.45) is 0.103. The SMILES string of the molecule is COc1ccc(C)cc1CC(=O)N1CC(=O)NC(=O)C1. The predicted molar refractivity (Wildman–Crippen MR) is 71.2 cm³/mol. The van der Waals surface area contributed by atoms with Gasteiger partial charge in [-0.15, -0.1) is 0 Å². The summed E-state index contributed by atoms with van der Waals surface area (Å²) in [4.78, 5) is 36.0. The van der Waals surface area contributed by atoms with Crippen LogP contribution in [0, 0.1) is 6.92 Å². The smallest absolute Gasteiger partial charge is 0.246 e. The van der Waals surface area contributed by atoms with Gasteiger partial charge in [0.05, 0.1) is 13.5 Å². The third-order valence-corrected chi connectivity index (χ3v) is 3.08. The van der Waals surface area contributed by atoms with Gasteiger partial charge in [-0.3, -0.25) is 19.7 Å². The molecule has 0 aromatic heterocycles. The molecular weight excluding hydrogens is 260 g/mol. The maximum absolute atomic E-state index is 12.2. The summed E-state index contributed by atoms with van der Waals surface area (Å²) in [5.41, 5.74) is 1.76. The van der Waals surface area contributed by atoms with E-state index in [4.69, 9.17) is 4.74 Å². The lowest BCUT2D eigenvalue weighted by Crippen LogP contribution is -2.53. The monoisotopic (exact) mass is 276 g/mol. The van der Waals surface area contributed by atoms with Crippen molar-refractivity contribution in [2.24, 2.45) is 0 Å². The summed E-state index contributed by atoms with van der Waals surface area (Å²) in [5.74, 6) is -0.551. The number of nitrogens with zero attached hydrogens (tertiary/aromatic N) is 1. The van der Waals surface area contributed by atoms with Crippen LogP contribution < -0.4 is 10.1 Å². The molecule has 6 heteroatoms. The summed E-state index contributed by atoms with van der Waals surface area (Å²) in [7, 11) is 1.54. The number of aryl methyl sites for hydroxylation is 1. The molecule has 1 aliphatic rings. The number of nitrogens with one attached hydrogen (secondary N) is 1. The maximum Gasteiger partial charge on any atom is 0.246 e. The number of ether oxygens (including phenoxy) is 1. The Morgan fingerprint density at radius 3 is 2.55 bits per heavy atom. The van der Waals surface area contributed by atoms with Crippen LogP contribution in [0.15, 0.2) is 18.2 Å². The molecule has 106 valence electrons. The summed E-state index contributed by atoms with van der Waals surface area (Å²) in [6, 6.07) is 5.55. The molecule has 1 saturated heterocycles. The average Bonchev–Trinajstić information content (AvgIpc) is 2.37. The second-order valence-electron chi connectivity index (χ2n) is 4.71. The second kappa shape index (κ2) is 5.73. The molecule has 1 fully saturated rings. The van der Waals surface area contributed by atoms with Gasteiger partial charge in [-0.05, 0) is 13.0 Å². The lowest BCUT2D eigenvalue weighted by atomic mass is 10.1. The standard InChI is InChI=1S/C14H16N2O4/c1-9-3-4-11(20-2)10(5-9)6-14(19)16-7-12(17)15-13(18)8-16/h3-5H,6-8H2,1-2H3,(H,15,17,18). The van der Waals surface area contributed by atoms with Gasteiger partial charge < -0.3 is 9.64 Å². The molecule has 0 atom stereocenters. The van der Waals surface area contributed by atoms with Gasteiger partial charge in [0, 0.05) is 5.56 Å². The van der Waals surface area contributed by atoms with Crippen molar-refractivity contribution < 1.29 is 19.1 Å². The van der Waals surface area contributed by atoms with Crippen LogP contribution in [0.3, 0.4) is 0 Å². The molecule has 1 aromatic rings. The molecule has 0 bridgehead atoms. The number of piperazine rings is 1. The van der Waals surface area contributed by atoms with Gasteiger partial charge in [-0.25, -0.2) is 0 Å². The highest BCUT2D eigenvalue weighted by molar-refractivity contribution is 6.02. The molecule has 1 N–H and O–H groups in total. The number of imide groups is 1. The van der Waals surface area contributed by atoms with Crippen molar-refractivity contribution in [3.8, 4) is 5.75 Å². The quantitative estimate of drug-likeness (QED) is 0.790. The molecule has 3 amide bonds. The Hall–Kier alpha value is -2.37. The number of hydrogen-bond acceptors (Lipinski definition) is 4. The highest BCUT2D eigenvalue weighted by Gasteiger charge is 2.26. The molecule has 1 aromatic carbocycles. The number of hydrogen-bond donors (Lipinski definition) is 1. The largest absolute Gasteiger partial charge is 0.496 e. The number of methoxy groups -OCH3 is 1. The first kappa shape index (κ1) is 14.0. The molecule has 0 saturated carbocycles. The molecule has 6 nitrogen and oxygen atoms in total. The minimum atomic E-state index is -0.453. The minimum Gasteiger partial charge on any atom is -0.496 e. The van der Waals surface area contributed by atoms with Crippen molar-refractivity contribution in [3.63, 3.8) is 0 Å². The van der Waals surface area contributed by atoms with Gasteiger partial charge in [0.1, 0.15) is 18.8 Å². The van der Waals surface area contributed by atoms with E-state index >= 15 is 0 Å².